The van der Waals surface area contributed by atoms with Gasteiger partial charge in [-0.2, -0.15) is 5.10 Å². The van der Waals surface area contributed by atoms with Gasteiger partial charge >= 0.3 is 0 Å². The Balaban J connectivity index is 1.77. The van der Waals surface area contributed by atoms with E-state index in [1.807, 2.05) is 6.07 Å². The van der Waals surface area contributed by atoms with Crippen LogP contribution in [0, 0.1) is 0 Å². The molecule has 3 rings (SSSR count). The third-order valence-corrected chi connectivity index (χ3v) is 3.51. The van der Waals surface area contributed by atoms with Crippen LogP contribution in [0.4, 0.5) is 5.13 Å². The number of nitrogen functional groups attached to an aromatic ring is 1. The van der Waals surface area contributed by atoms with E-state index in [1.165, 1.54) is 11.3 Å². The van der Waals surface area contributed by atoms with Gasteiger partial charge in [-0.15, -0.1) is 0 Å². The largest absolute Gasteiger partial charge is 0.375 e. The molecule has 2 aromatic heterocycles. The maximum absolute atomic E-state index is 12.0. The maximum atomic E-state index is 12.0. The first kappa shape index (κ1) is 11.7. The van der Waals surface area contributed by atoms with Crippen molar-refractivity contribution in [2.24, 2.45) is 0 Å². The van der Waals surface area contributed by atoms with Crippen LogP contribution < -0.4 is 11.1 Å². The summed E-state index contributed by atoms with van der Waals surface area (Å²) >= 11 is 1.37. The number of fused-ring (bicyclic) bond motifs is 1. The minimum atomic E-state index is -0.136. The Labute approximate surface area is 112 Å². The number of H-pyrrole nitrogens is 1. The lowest BCUT2D eigenvalue weighted by molar-refractivity contribution is 0.0950. The predicted molar refractivity (Wildman–Crippen MR) is 73.8 cm³/mol. The highest BCUT2D eigenvalue weighted by Gasteiger charge is 2.08. The summed E-state index contributed by atoms with van der Waals surface area (Å²) in [7, 11) is 0. The number of anilines is 1. The zero-order valence-electron chi connectivity index (χ0n) is 9.88. The van der Waals surface area contributed by atoms with Crippen molar-refractivity contribution < 1.29 is 4.79 Å². The van der Waals surface area contributed by atoms with Crippen LogP contribution >= 0.6 is 11.3 Å². The molecule has 0 radical (unpaired) electrons. The molecule has 0 aliphatic heterocycles. The van der Waals surface area contributed by atoms with Crippen molar-refractivity contribution in [3.8, 4) is 0 Å². The van der Waals surface area contributed by atoms with E-state index in [0.717, 1.165) is 15.9 Å². The van der Waals surface area contributed by atoms with Gasteiger partial charge in [0.2, 0.25) is 0 Å². The molecule has 19 heavy (non-hydrogen) atoms. The lowest BCUT2D eigenvalue weighted by Gasteiger charge is -2.03. The number of aromatic amines is 1. The minimum Gasteiger partial charge on any atom is -0.375 e. The number of amides is 1. The Morgan fingerprint density at radius 3 is 3.11 bits per heavy atom. The molecule has 0 saturated heterocycles. The van der Waals surface area contributed by atoms with Gasteiger partial charge in [0.15, 0.2) is 5.13 Å². The number of aromatic nitrogens is 3. The number of nitrogens with one attached hydrogen (secondary N) is 2. The molecule has 0 aliphatic rings. The lowest BCUT2D eigenvalue weighted by atomic mass is 10.2. The fourth-order valence-corrected chi connectivity index (χ4v) is 2.52. The normalized spacial score (nSPS) is 10.7. The highest BCUT2D eigenvalue weighted by molar-refractivity contribution is 7.22. The van der Waals surface area contributed by atoms with Gasteiger partial charge in [-0.25, -0.2) is 4.98 Å². The lowest BCUT2D eigenvalue weighted by Crippen LogP contribution is -2.22. The third kappa shape index (κ3) is 2.41. The van der Waals surface area contributed by atoms with Crippen LogP contribution in [0.1, 0.15) is 16.1 Å². The van der Waals surface area contributed by atoms with E-state index >= 15 is 0 Å². The molecular formula is C12H11N5OS. The number of carbonyl (C=O) groups excluding carboxylic acids is 1. The van der Waals surface area contributed by atoms with Crippen molar-refractivity contribution in [1.29, 1.82) is 0 Å². The molecule has 0 fully saturated rings. The van der Waals surface area contributed by atoms with Gasteiger partial charge in [0.05, 0.1) is 22.5 Å². The van der Waals surface area contributed by atoms with Crippen molar-refractivity contribution in [3.05, 3.63) is 41.7 Å². The topological polar surface area (TPSA) is 96.7 Å². The highest BCUT2D eigenvalue weighted by atomic mass is 32.1. The Kier molecular flexibility index (Phi) is 2.88. The number of thiazole rings is 1. The van der Waals surface area contributed by atoms with Crippen LogP contribution in [0.25, 0.3) is 10.2 Å². The van der Waals surface area contributed by atoms with Gasteiger partial charge in [-0.3, -0.25) is 9.89 Å². The van der Waals surface area contributed by atoms with Crippen LogP contribution in [0.15, 0.2) is 30.5 Å². The summed E-state index contributed by atoms with van der Waals surface area (Å²) < 4.78 is 0.909. The number of hydrogen-bond donors (Lipinski definition) is 3. The van der Waals surface area contributed by atoms with Crippen molar-refractivity contribution in [1.82, 2.24) is 20.5 Å². The van der Waals surface area contributed by atoms with Crippen molar-refractivity contribution in [2.75, 3.05) is 5.73 Å². The molecule has 96 valence electrons. The summed E-state index contributed by atoms with van der Waals surface area (Å²) in [6, 6.07) is 7.15. The van der Waals surface area contributed by atoms with Crippen LogP contribution in [0.3, 0.4) is 0 Å². The molecule has 2 heterocycles. The number of rotatable bonds is 3. The fraction of sp³-hybridized carbons (Fsp3) is 0.0833. The van der Waals surface area contributed by atoms with Gasteiger partial charge in [-0.1, -0.05) is 11.3 Å². The maximum Gasteiger partial charge on any atom is 0.251 e. The van der Waals surface area contributed by atoms with E-state index in [4.69, 9.17) is 5.73 Å². The smallest absolute Gasteiger partial charge is 0.251 e. The molecule has 0 bridgehead atoms. The number of nitrogens with two attached hydrogens (primary N) is 1. The summed E-state index contributed by atoms with van der Waals surface area (Å²) in [5.41, 5.74) is 7.90. The summed E-state index contributed by atoms with van der Waals surface area (Å²) in [6.45, 7) is 0.418. The van der Waals surface area contributed by atoms with Crippen molar-refractivity contribution in [2.45, 2.75) is 6.54 Å². The van der Waals surface area contributed by atoms with Crippen LogP contribution in [-0.2, 0) is 6.54 Å². The van der Waals surface area contributed by atoms with Crippen LogP contribution in [0.5, 0.6) is 0 Å². The number of benzene rings is 1. The summed E-state index contributed by atoms with van der Waals surface area (Å²) in [6.07, 6.45) is 1.65. The second kappa shape index (κ2) is 4.69. The SMILES string of the molecule is Nc1nc2ccc(C(=O)NCc3ccn[nH]3)cc2s1. The van der Waals surface area contributed by atoms with E-state index in [9.17, 15) is 4.79 Å². The number of hydrogen-bond acceptors (Lipinski definition) is 5. The first-order chi connectivity index (χ1) is 9.22. The van der Waals surface area contributed by atoms with Gasteiger partial charge in [0, 0.05) is 11.8 Å². The zero-order valence-corrected chi connectivity index (χ0v) is 10.7. The van der Waals surface area contributed by atoms with E-state index in [-0.39, 0.29) is 5.91 Å². The van der Waals surface area contributed by atoms with Gasteiger partial charge in [-0.05, 0) is 24.3 Å². The first-order valence-corrected chi connectivity index (χ1v) is 6.46. The van der Waals surface area contributed by atoms with E-state index in [1.54, 1.807) is 24.4 Å². The number of nitrogens with zero attached hydrogens (tertiary/aromatic N) is 2. The predicted octanol–water partition coefficient (Wildman–Crippen LogP) is 1.53. The molecule has 0 saturated carbocycles. The quantitative estimate of drug-likeness (QED) is 0.674. The Morgan fingerprint density at radius 1 is 1.42 bits per heavy atom. The molecule has 0 atom stereocenters. The highest BCUT2D eigenvalue weighted by Crippen LogP contribution is 2.24. The molecule has 4 N–H and O–H groups in total. The monoisotopic (exact) mass is 273 g/mol. The van der Waals surface area contributed by atoms with Gasteiger partial charge < -0.3 is 11.1 Å². The van der Waals surface area contributed by atoms with Crippen LogP contribution in [0.2, 0.25) is 0 Å². The number of carbonyl (C=O) groups is 1. The molecule has 0 spiro atoms. The van der Waals surface area contributed by atoms with Gasteiger partial charge in [0.25, 0.3) is 5.91 Å². The minimum absolute atomic E-state index is 0.136. The van der Waals surface area contributed by atoms with Crippen molar-refractivity contribution >= 4 is 32.6 Å². The molecule has 1 amide bonds. The Hall–Kier alpha value is -2.41. The molecule has 3 aromatic rings. The molecule has 0 unspecified atom stereocenters. The third-order valence-electron chi connectivity index (χ3n) is 2.66. The Morgan fingerprint density at radius 2 is 2.32 bits per heavy atom. The second-order valence-electron chi connectivity index (χ2n) is 4.00. The molecular weight excluding hydrogens is 262 g/mol. The van der Waals surface area contributed by atoms with Gasteiger partial charge in [0.1, 0.15) is 0 Å². The molecule has 6 nitrogen and oxygen atoms in total. The average Bonchev–Trinajstić information content (AvgIpc) is 3.02. The van der Waals surface area contributed by atoms with Crippen LogP contribution in [-0.4, -0.2) is 21.1 Å². The van der Waals surface area contributed by atoms with E-state index < -0.39 is 0 Å². The first-order valence-electron chi connectivity index (χ1n) is 5.65. The fourth-order valence-electron chi connectivity index (χ4n) is 1.74. The second-order valence-corrected chi connectivity index (χ2v) is 5.06. The standard InChI is InChI=1S/C12H11N5OS/c13-12-16-9-2-1-7(5-10(9)19-12)11(18)14-6-8-3-4-15-17-8/h1-5H,6H2,(H2,13,16)(H,14,18)(H,15,17). The van der Waals surface area contributed by atoms with E-state index in [2.05, 4.69) is 20.5 Å². The van der Waals surface area contributed by atoms with E-state index in [0.29, 0.717) is 17.2 Å². The average molecular weight is 273 g/mol. The summed E-state index contributed by atoms with van der Waals surface area (Å²) in [4.78, 5) is 16.1. The Bertz CT molecular complexity index is 719. The molecule has 1 aromatic carbocycles. The summed E-state index contributed by atoms with van der Waals surface area (Å²) in [5, 5.41) is 9.93. The van der Waals surface area contributed by atoms with Crippen molar-refractivity contribution in [3.63, 3.8) is 0 Å². The molecule has 0 aliphatic carbocycles. The molecule has 7 heteroatoms. The summed E-state index contributed by atoms with van der Waals surface area (Å²) in [5.74, 6) is -0.136. The zero-order chi connectivity index (χ0) is 13.2.